The fourth-order valence-corrected chi connectivity index (χ4v) is 5.40. The molecule has 9 heteroatoms. The van der Waals surface area contributed by atoms with Gasteiger partial charge in [0.25, 0.3) is 0 Å². The topological polar surface area (TPSA) is 93.0 Å². The molecule has 27 heavy (non-hydrogen) atoms. The van der Waals surface area contributed by atoms with Crippen molar-refractivity contribution in [3.63, 3.8) is 0 Å². The second-order valence-electron chi connectivity index (χ2n) is 7.17. The molecule has 0 bridgehead atoms. The highest BCUT2D eigenvalue weighted by Gasteiger charge is 2.30. The number of anilines is 1. The van der Waals surface area contributed by atoms with Crippen LogP contribution in [0.25, 0.3) is 0 Å². The van der Waals surface area contributed by atoms with E-state index in [1.54, 1.807) is 22.6 Å². The highest BCUT2D eigenvalue weighted by atomic mass is 32.2. The molecule has 0 amide bonds. The number of hydrogen-bond donors (Lipinski definition) is 1. The lowest BCUT2D eigenvalue weighted by atomic mass is 10.1. The molecule has 8 nitrogen and oxygen atoms in total. The zero-order chi connectivity index (χ0) is 18.9. The largest absolute Gasteiger partial charge is 0.364 e. The van der Waals surface area contributed by atoms with Crippen molar-refractivity contribution < 1.29 is 8.42 Å². The number of pyridine rings is 1. The smallest absolute Gasteiger partial charge is 0.246 e. The summed E-state index contributed by atoms with van der Waals surface area (Å²) in [5, 5.41) is 7.88. The van der Waals surface area contributed by atoms with Gasteiger partial charge in [0, 0.05) is 38.2 Å². The van der Waals surface area contributed by atoms with Crippen molar-refractivity contribution in [3.8, 4) is 0 Å². The molecule has 1 atom stereocenters. The van der Waals surface area contributed by atoms with Crippen LogP contribution in [0, 0.1) is 0 Å². The summed E-state index contributed by atoms with van der Waals surface area (Å²) in [6.07, 6.45) is 7.08. The molecular formula is C18H26N6O2S. The van der Waals surface area contributed by atoms with Gasteiger partial charge in [0.1, 0.15) is 16.5 Å². The Morgan fingerprint density at radius 3 is 2.85 bits per heavy atom. The van der Waals surface area contributed by atoms with Crippen molar-refractivity contribution in [3.05, 3.63) is 30.0 Å². The van der Waals surface area contributed by atoms with Crippen LogP contribution in [0.3, 0.4) is 0 Å². The predicted octanol–water partition coefficient (Wildman–Crippen LogP) is 1.84. The molecule has 0 aromatic carbocycles. The van der Waals surface area contributed by atoms with Crippen molar-refractivity contribution in [2.75, 3.05) is 18.4 Å². The molecule has 2 aromatic heterocycles. The van der Waals surface area contributed by atoms with Gasteiger partial charge in [0.2, 0.25) is 10.0 Å². The van der Waals surface area contributed by atoms with Crippen LogP contribution < -0.4 is 5.32 Å². The third kappa shape index (κ3) is 3.70. The molecule has 2 aliphatic heterocycles. The molecule has 0 spiro atoms. The van der Waals surface area contributed by atoms with Gasteiger partial charge in [-0.2, -0.15) is 9.40 Å². The Morgan fingerprint density at radius 2 is 2.07 bits per heavy atom. The number of hydrogen-bond acceptors (Lipinski definition) is 6. The van der Waals surface area contributed by atoms with Crippen molar-refractivity contribution in [2.45, 2.75) is 62.9 Å². The van der Waals surface area contributed by atoms with Crippen LogP contribution in [0.2, 0.25) is 0 Å². The van der Waals surface area contributed by atoms with Crippen LogP contribution in [0.15, 0.2) is 23.2 Å². The Balaban J connectivity index is 1.55. The van der Waals surface area contributed by atoms with E-state index in [9.17, 15) is 8.42 Å². The summed E-state index contributed by atoms with van der Waals surface area (Å²) in [7, 11) is -3.53. The van der Waals surface area contributed by atoms with E-state index in [2.05, 4.69) is 20.4 Å². The molecule has 4 rings (SSSR count). The van der Waals surface area contributed by atoms with Crippen LogP contribution in [-0.2, 0) is 29.4 Å². The summed E-state index contributed by atoms with van der Waals surface area (Å²) in [4.78, 5) is 9.15. The van der Waals surface area contributed by atoms with Gasteiger partial charge >= 0.3 is 0 Å². The van der Waals surface area contributed by atoms with Crippen LogP contribution in [0.1, 0.15) is 44.3 Å². The van der Waals surface area contributed by atoms with E-state index >= 15 is 0 Å². The number of nitrogens with one attached hydrogen (secondary N) is 1. The second kappa shape index (κ2) is 7.55. The maximum atomic E-state index is 13.1. The summed E-state index contributed by atoms with van der Waals surface area (Å²) in [5.74, 6) is 2.30. The SMILES string of the molecule is CCc1nc2n(n1)CC(Nc1ncccc1S(=O)(=O)N1CCCCC1)CC2. The van der Waals surface area contributed by atoms with Gasteiger partial charge in [0.15, 0.2) is 5.82 Å². The Kier molecular flexibility index (Phi) is 5.14. The number of aromatic nitrogens is 4. The first-order chi connectivity index (χ1) is 13.1. The molecule has 1 fully saturated rings. The zero-order valence-electron chi connectivity index (χ0n) is 15.6. The van der Waals surface area contributed by atoms with Crippen molar-refractivity contribution in [2.24, 2.45) is 0 Å². The monoisotopic (exact) mass is 390 g/mol. The Bertz CT molecular complexity index is 904. The normalized spacial score (nSPS) is 21.0. The number of nitrogens with zero attached hydrogens (tertiary/aromatic N) is 5. The minimum atomic E-state index is -3.53. The Labute approximate surface area is 160 Å². The molecule has 1 N–H and O–H groups in total. The standard InChI is InChI=1S/C18H26N6O2S/c1-2-16-21-17-9-8-14(13-24(17)22-16)20-18-15(7-6-10-19-18)27(25,26)23-11-4-3-5-12-23/h6-7,10,14H,2-5,8-9,11-13H2,1H3,(H,19,20). The predicted molar refractivity (Wildman–Crippen MR) is 102 cm³/mol. The second-order valence-corrected chi connectivity index (χ2v) is 9.08. The van der Waals surface area contributed by atoms with E-state index in [4.69, 9.17) is 0 Å². The number of piperidine rings is 1. The molecule has 0 aliphatic carbocycles. The van der Waals surface area contributed by atoms with E-state index < -0.39 is 10.0 Å². The summed E-state index contributed by atoms with van der Waals surface area (Å²) < 4.78 is 29.7. The number of sulfonamides is 1. The average molecular weight is 391 g/mol. The summed E-state index contributed by atoms with van der Waals surface area (Å²) >= 11 is 0. The van der Waals surface area contributed by atoms with Crippen LogP contribution in [0.4, 0.5) is 5.82 Å². The number of rotatable bonds is 5. The molecule has 2 aromatic rings. The summed E-state index contributed by atoms with van der Waals surface area (Å²) in [6, 6.07) is 3.42. The van der Waals surface area contributed by atoms with Crippen molar-refractivity contribution in [1.82, 2.24) is 24.1 Å². The molecule has 0 radical (unpaired) electrons. The quantitative estimate of drug-likeness (QED) is 0.837. The lowest BCUT2D eigenvalue weighted by Crippen LogP contribution is -2.37. The first-order valence-corrected chi connectivity index (χ1v) is 11.2. The average Bonchev–Trinajstić information content (AvgIpc) is 3.11. The van der Waals surface area contributed by atoms with Crippen molar-refractivity contribution in [1.29, 1.82) is 0 Å². The van der Waals surface area contributed by atoms with E-state index in [-0.39, 0.29) is 10.9 Å². The highest BCUT2D eigenvalue weighted by molar-refractivity contribution is 7.89. The van der Waals surface area contributed by atoms with Gasteiger partial charge in [-0.25, -0.2) is 23.1 Å². The van der Waals surface area contributed by atoms with Crippen molar-refractivity contribution >= 4 is 15.8 Å². The van der Waals surface area contributed by atoms with Gasteiger partial charge < -0.3 is 5.32 Å². The fraction of sp³-hybridized carbons (Fsp3) is 0.611. The van der Waals surface area contributed by atoms with Gasteiger partial charge in [-0.05, 0) is 31.4 Å². The number of aryl methyl sites for hydroxylation is 2. The third-order valence-corrected chi connectivity index (χ3v) is 7.19. The molecule has 1 unspecified atom stereocenters. The molecule has 146 valence electrons. The lowest BCUT2D eigenvalue weighted by Gasteiger charge is -2.28. The molecule has 4 heterocycles. The minimum Gasteiger partial charge on any atom is -0.364 e. The minimum absolute atomic E-state index is 0.0779. The Hall–Kier alpha value is -2.00. The van der Waals surface area contributed by atoms with Crippen LogP contribution >= 0.6 is 0 Å². The van der Waals surface area contributed by atoms with Crippen LogP contribution in [-0.4, -0.2) is 51.6 Å². The summed E-state index contributed by atoms with van der Waals surface area (Å²) in [6.45, 7) is 3.88. The molecular weight excluding hydrogens is 364 g/mol. The molecule has 2 aliphatic rings. The third-order valence-electron chi connectivity index (χ3n) is 5.26. The first kappa shape index (κ1) is 18.4. The number of fused-ring (bicyclic) bond motifs is 1. The van der Waals surface area contributed by atoms with Crippen LogP contribution in [0.5, 0.6) is 0 Å². The fourth-order valence-electron chi connectivity index (χ4n) is 3.77. The maximum absolute atomic E-state index is 13.1. The maximum Gasteiger partial charge on any atom is 0.246 e. The zero-order valence-corrected chi connectivity index (χ0v) is 16.5. The van der Waals surface area contributed by atoms with E-state index in [1.807, 2.05) is 11.6 Å². The summed E-state index contributed by atoms with van der Waals surface area (Å²) in [5.41, 5.74) is 0. The van der Waals surface area contributed by atoms with Gasteiger partial charge in [-0.15, -0.1) is 0 Å². The van der Waals surface area contributed by atoms with E-state index in [0.717, 1.165) is 50.2 Å². The van der Waals surface area contributed by atoms with E-state index in [0.29, 0.717) is 25.5 Å². The highest BCUT2D eigenvalue weighted by Crippen LogP contribution is 2.27. The molecule has 0 saturated carbocycles. The van der Waals surface area contributed by atoms with Gasteiger partial charge in [-0.1, -0.05) is 13.3 Å². The van der Waals surface area contributed by atoms with Gasteiger partial charge in [0.05, 0.1) is 6.54 Å². The molecule has 1 saturated heterocycles. The van der Waals surface area contributed by atoms with E-state index in [1.165, 1.54) is 0 Å². The lowest BCUT2D eigenvalue weighted by molar-refractivity contribution is 0.346. The Morgan fingerprint density at radius 1 is 1.26 bits per heavy atom. The van der Waals surface area contributed by atoms with Gasteiger partial charge in [-0.3, -0.25) is 0 Å². The first-order valence-electron chi connectivity index (χ1n) is 9.72.